The summed E-state index contributed by atoms with van der Waals surface area (Å²) in [7, 11) is 0. The lowest BCUT2D eigenvalue weighted by Gasteiger charge is -2.37. The van der Waals surface area contributed by atoms with Gasteiger partial charge in [-0.3, -0.25) is 24.7 Å². The van der Waals surface area contributed by atoms with E-state index in [4.69, 9.17) is 4.98 Å². The summed E-state index contributed by atoms with van der Waals surface area (Å²) in [4.78, 5) is 43.7. The fourth-order valence-electron chi connectivity index (χ4n) is 5.37. The van der Waals surface area contributed by atoms with Crippen LogP contribution in [0.1, 0.15) is 54.6 Å². The lowest BCUT2D eigenvalue weighted by molar-refractivity contribution is -0.127. The van der Waals surface area contributed by atoms with Gasteiger partial charge in [-0.05, 0) is 68.2 Å². The van der Waals surface area contributed by atoms with E-state index in [1.807, 2.05) is 18.2 Å². The second-order valence-electron chi connectivity index (χ2n) is 8.62. The Labute approximate surface area is 175 Å². The molecule has 0 radical (unpaired) electrons. The molecule has 2 N–H and O–H groups in total. The molecule has 1 saturated heterocycles. The zero-order chi connectivity index (χ0) is 20.7. The van der Waals surface area contributed by atoms with Crippen LogP contribution in [-0.2, 0) is 39.1 Å². The van der Waals surface area contributed by atoms with Crippen molar-refractivity contribution < 1.29 is 14.4 Å². The zero-order valence-electron chi connectivity index (χ0n) is 16.9. The molecular formula is C24H25N3O3. The largest absolute Gasteiger partial charge is 0.326 e. The number of fused-ring (bicyclic) bond motifs is 3. The van der Waals surface area contributed by atoms with Crippen molar-refractivity contribution >= 4 is 23.4 Å². The first-order valence-electron chi connectivity index (χ1n) is 10.8. The first-order valence-corrected chi connectivity index (χ1v) is 10.8. The van der Waals surface area contributed by atoms with Gasteiger partial charge in [0, 0.05) is 17.8 Å². The second-order valence-corrected chi connectivity index (χ2v) is 8.62. The van der Waals surface area contributed by atoms with E-state index in [-0.39, 0.29) is 24.1 Å². The highest BCUT2D eigenvalue weighted by molar-refractivity contribution is 6.12. The van der Waals surface area contributed by atoms with Gasteiger partial charge >= 0.3 is 0 Å². The summed E-state index contributed by atoms with van der Waals surface area (Å²) < 4.78 is 0. The highest BCUT2D eigenvalue weighted by atomic mass is 16.2. The van der Waals surface area contributed by atoms with E-state index in [2.05, 4.69) is 16.7 Å². The third kappa shape index (κ3) is 3.02. The van der Waals surface area contributed by atoms with Crippen LogP contribution in [0.3, 0.4) is 0 Å². The number of nitrogens with one attached hydrogen (secondary N) is 2. The predicted molar refractivity (Wildman–Crippen MR) is 112 cm³/mol. The number of imide groups is 1. The standard InChI is InChI=1S/C24H25N3O3/c28-20(25-17-9-2-1-3-10-17)14-18-22(29)27-23(30)24(18)12-6-8-16-13-15-7-4-5-11-19(15)26-21(16)24/h1-3,9-10,13,18H,4-8,11-12,14H2,(H,25,28)(H,27,29,30)/t18-,24-/m1/s1. The Morgan fingerprint density at radius 3 is 2.67 bits per heavy atom. The summed E-state index contributed by atoms with van der Waals surface area (Å²) in [6.07, 6.45) is 6.38. The number of benzene rings is 1. The molecule has 1 spiro atoms. The Morgan fingerprint density at radius 2 is 1.83 bits per heavy atom. The predicted octanol–water partition coefficient (Wildman–Crippen LogP) is 2.84. The van der Waals surface area contributed by atoms with Crippen LogP contribution in [0.5, 0.6) is 0 Å². The molecule has 2 aliphatic carbocycles. The van der Waals surface area contributed by atoms with Crippen LogP contribution in [0, 0.1) is 5.92 Å². The van der Waals surface area contributed by atoms with E-state index in [0.29, 0.717) is 12.1 Å². The van der Waals surface area contributed by atoms with Crippen molar-refractivity contribution in [1.82, 2.24) is 10.3 Å². The van der Waals surface area contributed by atoms with Crippen molar-refractivity contribution in [1.29, 1.82) is 0 Å². The first-order chi connectivity index (χ1) is 14.6. The lowest BCUT2D eigenvalue weighted by Crippen LogP contribution is -2.45. The topological polar surface area (TPSA) is 88.2 Å². The van der Waals surface area contributed by atoms with Gasteiger partial charge in [0.2, 0.25) is 17.7 Å². The number of carbonyl (C=O) groups is 3. The third-order valence-electron chi connectivity index (χ3n) is 6.82. The molecule has 0 unspecified atom stereocenters. The Morgan fingerprint density at radius 1 is 1.07 bits per heavy atom. The third-order valence-corrected chi connectivity index (χ3v) is 6.82. The van der Waals surface area contributed by atoms with Gasteiger partial charge in [-0.15, -0.1) is 0 Å². The summed E-state index contributed by atoms with van der Waals surface area (Å²) in [6, 6.07) is 11.4. The summed E-state index contributed by atoms with van der Waals surface area (Å²) in [5.41, 5.74) is 3.78. The summed E-state index contributed by atoms with van der Waals surface area (Å²) in [6.45, 7) is 0. The van der Waals surface area contributed by atoms with Crippen LogP contribution in [-0.4, -0.2) is 22.7 Å². The van der Waals surface area contributed by atoms with Crippen LogP contribution < -0.4 is 10.6 Å². The van der Waals surface area contributed by atoms with E-state index < -0.39 is 11.3 Å². The molecule has 154 valence electrons. The first kappa shape index (κ1) is 19.0. The van der Waals surface area contributed by atoms with Crippen LogP contribution in [0.15, 0.2) is 36.4 Å². The molecule has 6 heteroatoms. The van der Waals surface area contributed by atoms with Gasteiger partial charge in [-0.2, -0.15) is 0 Å². The SMILES string of the molecule is O=C(C[C@@H]1C(=O)NC(=O)[C@]12CCCc1cc3c(nc12)CCCC3)Nc1ccccc1. The van der Waals surface area contributed by atoms with Crippen LogP contribution in [0.4, 0.5) is 5.69 Å². The highest BCUT2D eigenvalue weighted by Crippen LogP contribution is 2.47. The molecule has 2 aromatic rings. The highest BCUT2D eigenvalue weighted by Gasteiger charge is 2.59. The number of aromatic nitrogens is 1. The maximum Gasteiger partial charge on any atom is 0.239 e. The number of carbonyl (C=O) groups excluding carboxylic acids is 3. The Balaban J connectivity index is 1.51. The van der Waals surface area contributed by atoms with Gasteiger partial charge in [0.25, 0.3) is 0 Å². The molecule has 0 bridgehead atoms. The zero-order valence-corrected chi connectivity index (χ0v) is 16.9. The normalized spacial score (nSPS) is 24.9. The Bertz CT molecular complexity index is 1030. The van der Waals surface area contributed by atoms with Gasteiger partial charge in [0.15, 0.2) is 0 Å². The minimum Gasteiger partial charge on any atom is -0.326 e. The van der Waals surface area contributed by atoms with E-state index in [9.17, 15) is 14.4 Å². The summed E-state index contributed by atoms with van der Waals surface area (Å²) in [5, 5.41) is 5.37. The Hall–Kier alpha value is -3.02. The van der Waals surface area contributed by atoms with E-state index in [1.165, 1.54) is 12.0 Å². The van der Waals surface area contributed by atoms with E-state index in [1.54, 1.807) is 12.1 Å². The number of para-hydroxylation sites is 1. The van der Waals surface area contributed by atoms with Gasteiger partial charge in [-0.1, -0.05) is 24.3 Å². The number of amides is 3. The number of anilines is 1. The smallest absolute Gasteiger partial charge is 0.239 e. The summed E-state index contributed by atoms with van der Waals surface area (Å²) in [5.74, 6) is -1.66. The fourth-order valence-corrected chi connectivity index (χ4v) is 5.37. The molecule has 6 nitrogen and oxygen atoms in total. The molecule has 1 aromatic heterocycles. The molecule has 5 rings (SSSR count). The molecule has 3 aliphatic rings. The number of hydrogen-bond acceptors (Lipinski definition) is 4. The van der Waals surface area contributed by atoms with E-state index >= 15 is 0 Å². The molecule has 0 saturated carbocycles. The van der Waals surface area contributed by atoms with Gasteiger partial charge in [-0.25, -0.2) is 0 Å². The van der Waals surface area contributed by atoms with Crippen LogP contribution in [0.25, 0.3) is 0 Å². The molecule has 30 heavy (non-hydrogen) atoms. The average molecular weight is 403 g/mol. The van der Waals surface area contributed by atoms with Gasteiger partial charge in [0.05, 0.1) is 11.6 Å². The van der Waals surface area contributed by atoms with E-state index in [0.717, 1.165) is 49.1 Å². The van der Waals surface area contributed by atoms with Crippen molar-refractivity contribution in [3.05, 3.63) is 58.9 Å². The minimum atomic E-state index is -1.04. The number of pyridine rings is 1. The van der Waals surface area contributed by atoms with Crippen molar-refractivity contribution in [2.24, 2.45) is 5.92 Å². The number of aryl methyl sites for hydroxylation is 3. The Kier molecular flexibility index (Phi) is 4.65. The van der Waals surface area contributed by atoms with Crippen LogP contribution in [0.2, 0.25) is 0 Å². The van der Waals surface area contributed by atoms with Crippen molar-refractivity contribution in [2.75, 3.05) is 5.32 Å². The maximum absolute atomic E-state index is 13.1. The van der Waals surface area contributed by atoms with Gasteiger partial charge in [0.1, 0.15) is 5.41 Å². The molecular weight excluding hydrogens is 378 g/mol. The molecule has 2 heterocycles. The molecule has 1 fully saturated rings. The lowest BCUT2D eigenvalue weighted by atomic mass is 9.64. The number of rotatable bonds is 3. The minimum absolute atomic E-state index is 0.0370. The monoisotopic (exact) mass is 403 g/mol. The van der Waals surface area contributed by atoms with Crippen molar-refractivity contribution in [2.45, 2.75) is 56.8 Å². The molecule has 3 amide bonds. The second kappa shape index (κ2) is 7.35. The molecule has 1 aromatic carbocycles. The summed E-state index contributed by atoms with van der Waals surface area (Å²) >= 11 is 0. The van der Waals surface area contributed by atoms with Gasteiger partial charge < -0.3 is 5.32 Å². The maximum atomic E-state index is 13.1. The van der Waals surface area contributed by atoms with Crippen LogP contribution >= 0.6 is 0 Å². The quantitative estimate of drug-likeness (QED) is 0.772. The number of hydrogen-bond donors (Lipinski definition) is 2. The number of nitrogens with zero attached hydrogens (tertiary/aromatic N) is 1. The molecule has 1 aliphatic heterocycles. The average Bonchev–Trinajstić information content (AvgIpc) is 2.98. The van der Waals surface area contributed by atoms with Crippen molar-refractivity contribution in [3.8, 4) is 0 Å². The fraction of sp³-hybridized carbons (Fsp3) is 0.417. The van der Waals surface area contributed by atoms with Crippen molar-refractivity contribution in [3.63, 3.8) is 0 Å². The molecule has 2 atom stereocenters.